The fraction of sp³-hybridized carbons (Fsp3) is 0.900. The first-order chi connectivity index (χ1) is 8.29. The van der Waals surface area contributed by atoms with Crippen molar-refractivity contribution in [2.75, 3.05) is 19.8 Å². The zero-order chi connectivity index (χ0) is 14.2. The normalized spacial score (nSPS) is 13.7. The van der Waals surface area contributed by atoms with Gasteiger partial charge in [-0.2, -0.15) is 13.2 Å². The summed E-state index contributed by atoms with van der Waals surface area (Å²) in [6.07, 6.45) is -7.74. The highest BCUT2D eigenvalue weighted by Crippen LogP contribution is 2.27. The van der Waals surface area contributed by atoms with Crippen LogP contribution in [-0.2, 0) is 14.3 Å². The highest BCUT2D eigenvalue weighted by Gasteiger charge is 2.46. The zero-order valence-electron chi connectivity index (χ0n) is 9.80. The molecule has 0 radical (unpaired) electrons. The summed E-state index contributed by atoms with van der Waals surface area (Å²) < 4.78 is 69.6. The molecule has 3 nitrogen and oxygen atoms in total. The number of halogens is 5. The van der Waals surface area contributed by atoms with Gasteiger partial charge in [0, 0.05) is 6.42 Å². The minimum Gasteiger partial charge on any atom is -0.465 e. The van der Waals surface area contributed by atoms with Crippen LogP contribution in [0.4, 0.5) is 22.0 Å². The average Bonchev–Trinajstić information content (AvgIpc) is 2.23. The SMILES string of the molecule is CCCOC(=O)C(COCCC(F)F)C(F)(F)F. The van der Waals surface area contributed by atoms with Crippen molar-refractivity contribution in [3.8, 4) is 0 Å². The third-order valence-corrected chi connectivity index (χ3v) is 1.89. The molecule has 0 heterocycles. The molecule has 0 aliphatic heterocycles. The molecule has 0 aromatic rings. The van der Waals surface area contributed by atoms with Crippen LogP contribution in [0.25, 0.3) is 0 Å². The first-order valence-corrected chi connectivity index (χ1v) is 5.38. The number of carbonyl (C=O) groups is 1. The molecule has 18 heavy (non-hydrogen) atoms. The van der Waals surface area contributed by atoms with E-state index in [9.17, 15) is 26.7 Å². The van der Waals surface area contributed by atoms with Gasteiger partial charge in [0.05, 0.1) is 19.8 Å². The van der Waals surface area contributed by atoms with E-state index in [-0.39, 0.29) is 6.61 Å². The third kappa shape index (κ3) is 7.41. The molecule has 0 amide bonds. The lowest BCUT2D eigenvalue weighted by molar-refractivity contribution is -0.206. The van der Waals surface area contributed by atoms with Crippen molar-refractivity contribution in [3.63, 3.8) is 0 Å². The second kappa shape index (κ2) is 8.23. The summed E-state index contributed by atoms with van der Waals surface area (Å²) in [5.41, 5.74) is 0. The predicted molar refractivity (Wildman–Crippen MR) is 52.2 cm³/mol. The number of ether oxygens (including phenoxy) is 2. The van der Waals surface area contributed by atoms with Crippen LogP contribution in [0.5, 0.6) is 0 Å². The van der Waals surface area contributed by atoms with Crippen molar-refractivity contribution in [3.05, 3.63) is 0 Å². The monoisotopic (exact) mass is 278 g/mol. The Labute approximate surface area is 101 Å². The molecule has 8 heteroatoms. The van der Waals surface area contributed by atoms with Crippen molar-refractivity contribution in [2.45, 2.75) is 32.4 Å². The molecular formula is C10H15F5O3. The maximum atomic E-state index is 12.5. The van der Waals surface area contributed by atoms with E-state index in [1.54, 1.807) is 6.92 Å². The summed E-state index contributed by atoms with van der Waals surface area (Å²) in [6, 6.07) is 0. The average molecular weight is 278 g/mol. The van der Waals surface area contributed by atoms with Crippen LogP contribution < -0.4 is 0 Å². The Balaban J connectivity index is 4.20. The van der Waals surface area contributed by atoms with Crippen LogP contribution in [0, 0.1) is 5.92 Å². The van der Waals surface area contributed by atoms with Crippen molar-refractivity contribution in [2.24, 2.45) is 5.92 Å². The highest BCUT2D eigenvalue weighted by molar-refractivity contribution is 5.73. The van der Waals surface area contributed by atoms with Crippen molar-refractivity contribution in [1.29, 1.82) is 0 Å². The van der Waals surface area contributed by atoms with Gasteiger partial charge in [-0.3, -0.25) is 4.79 Å². The van der Waals surface area contributed by atoms with Gasteiger partial charge in [-0.15, -0.1) is 0 Å². The minimum atomic E-state index is -4.81. The van der Waals surface area contributed by atoms with Gasteiger partial charge in [0.2, 0.25) is 6.43 Å². The van der Waals surface area contributed by atoms with Crippen LogP contribution >= 0.6 is 0 Å². The van der Waals surface area contributed by atoms with E-state index in [0.29, 0.717) is 6.42 Å². The van der Waals surface area contributed by atoms with Crippen LogP contribution in [0.3, 0.4) is 0 Å². The summed E-state index contributed by atoms with van der Waals surface area (Å²) in [4.78, 5) is 11.1. The summed E-state index contributed by atoms with van der Waals surface area (Å²) in [5.74, 6) is -3.87. The Kier molecular flexibility index (Phi) is 7.81. The molecule has 0 spiro atoms. The van der Waals surface area contributed by atoms with E-state index in [2.05, 4.69) is 9.47 Å². The zero-order valence-corrected chi connectivity index (χ0v) is 9.80. The number of rotatable bonds is 8. The molecule has 0 aliphatic rings. The largest absolute Gasteiger partial charge is 0.465 e. The van der Waals surface area contributed by atoms with Crippen LogP contribution in [0.2, 0.25) is 0 Å². The van der Waals surface area contributed by atoms with Crippen LogP contribution in [0.15, 0.2) is 0 Å². The molecule has 1 atom stereocenters. The fourth-order valence-electron chi connectivity index (χ4n) is 0.973. The number of hydrogen-bond donors (Lipinski definition) is 0. The molecule has 0 bridgehead atoms. The maximum absolute atomic E-state index is 12.5. The lowest BCUT2D eigenvalue weighted by Crippen LogP contribution is -2.36. The highest BCUT2D eigenvalue weighted by atomic mass is 19.4. The van der Waals surface area contributed by atoms with Gasteiger partial charge in [-0.05, 0) is 6.42 Å². The van der Waals surface area contributed by atoms with Crippen LogP contribution in [0.1, 0.15) is 19.8 Å². The molecule has 0 aliphatic carbocycles. The number of esters is 1. The second-order valence-electron chi connectivity index (χ2n) is 3.52. The van der Waals surface area contributed by atoms with Gasteiger partial charge in [-0.25, -0.2) is 8.78 Å². The van der Waals surface area contributed by atoms with Crippen molar-refractivity contribution < 1.29 is 36.2 Å². The Morgan fingerprint density at radius 2 is 1.83 bits per heavy atom. The van der Waals surface area contributed by atoms with Gasteiger partial charge in [-0.1, -0.05) is 6.92 Å². The first kappa shape index (κ1) is 17.1. The molecule has 1 unspecified atom stereocenters. The fourth-order valence-corrected chi connectivity index (χ4v) is 0.973. The van der Waals surface area contributed by atoms with Crippen LogP contribution in [-0.4, -0.2) is 38.4 Å². The van der Waals surface area contributed by atoms with E-state index in [1.807, 2.05) is 0 Å². The van der Waals surface area contributed by atoms with Gasteiger partial charge in [0.1, 0.15) is 0 Å². The Bertz CT molecular complexity index is 242. The molecule has 108 valence electrons. The Hall–Kier alpha value is -0.920. The topological polar surface area (TPSA) is 35.5 Å². The van der Waals surface area contributed by atoms with Gasteiger partial charge >= 0.3 is 12.1 Å². The van der Waals surface area contributed by atoms with Gasteiger partial charge in [0.15, 0.2) is 5.92 Å². The molecule has 0 rings (SSSR count). The standard InChI is InChI=1S/C10H15F5O3/c1-2-4-18-9(16)7(10(13,14)15)6-17-5-3-8(11)12/h7-8H,2-6H2,1H3. The smallest absolute Gasteiger partial charge is 0.404 e. The van der Waals surface area contributed by atoms with E-state index < -0.39 is 44.1 Å². The van der Waals surface area contributed by atoms with E-state index in [1.165, 1.54) is 0 Å². The molecular weight excluding hydrogens is 263 g/mol. The maximum Gasteiger partial charge on any atom is 0.404 e. The molecule has 0 N–H and O–H groups in total. The van der Waals surface area contributed by atoms with Crippen molar-refractivity contribution in [1.82, 2.24) is 0 Å². The lowest BCUT2D eigenvalue weighted by atomic mass is 10.1. The predicted octanol–water partition coefficient (Wildman–Crippen LogP) is 2.79. The van der Waals surface area contributed by atoms with Gasteiger partial charge in [0.25, 0.3) is 0 Å². The summed E-state index contributed by atoms with van der Waals surface area (Å²) in [5, 5.41) is 0. The van der Waals surface area contributed by atoms with E-state index in [0.717, 1.165) is 0 Å². The van der Waals surface area contributed by atoms with E-state index >= 15 is 0 Å². The van der Waals surface area contributed by atoms with E-state index in [4.69, 9.17) is 0 Å². The molecule has 0 saturated heterocycles. The van der Waals surface area contributed by atoms with Gasteiger partial charge < -0.3 is 9.47 Å². The lowest BCUT2D eigenvalue weighted by Gasteiger charge is -2.18. The first-order valence-electron chi connectivity index (χ1n) is 5.38. The molecule has 0 aromatic carbocycles. The summed E-state index contributed by atoms with van der Waals surface area (Å²) in [6.45, 7) is -0.0263. The number of carbonyl (C=O) groups excluding carboxylic acids is 1. The molecule has 0 fully saturated rings. The summed E-state index contributed by atoms with van der Waals surface area (Å²) in [7, 11) is 0. The quantitative estimate of drug-likeness (QED) is 0.389. The molecule has 0 aromatic heterocycles. The minimum absolute atomic E-state index is 0.123. The number of hydrogen-bond acceptors (Lipinski definition) is 3. The third-order valence-electron chi connectivity index (χ3n) is 1.89. The Morgan fingerprint density at radius 1 is 1.22 bits per heavy atom. The second-order valence-corrected chi connectivity index (χ2v) is 3.52. The number of alkyl halides is 5. The summed E-state index contributed by atoms with van der Waals surface area (Å²) >= 11 is 0. The molecule has 0 saturated carbocycles. The van der Waals surface area contributed by atoms with Crippen molar-refractivity contribution >= 4 is 5.97 Å². The Morgan fingerprint density at radius 3 is 2.28 bits per heavy atom.